The van der Waals surface area contributed by atoms with Crippen molar-refractivity contribution in [3.8, 4) is 0 Å². The topological polar surface area (TPSA) is 37.3 Å². The molecule has 0 aliphatic heterocycles. The molecule has 0 aromatic carbocycles. The van der Waals surface area contributed by atoms with Gasteiger partial charge in [-0.2, -0.15) is 0 Å². The minimum absolute atomic E-state index is 0.0301. The summed E-state index contributed by atoms with van der Waals surface area (Å²) in [5.74, 6) is 2.88. The first-order valence-corrected chi connectivity index (χ1v) is 8.89. The third kappa shape index (κ3) is 1.80. The van der Waals surface area contributed by atoms with Crippen LogP contribution in [0.25, 0.3) is 0 Å². The summed E-state index contributed by atoms with van der Waals surface area (Å²) in [5.41, 5.74) is 0.644. The lowest BCUT2D eigenvalue weighted by Gasteiger charge is -2.58. The van der Waals surface area contributed by atoms with E-state index in [1.807, 2.05) is 6.08 Å². The summed E-state index contributed by atoms with van der Waals surface area (Å²) >= 11 is 0. The Morgan fingerprint density at radius 3 is 2.71 bits per heavy atom. The number of fused-ring (bicyclic) bond motifs is 5. The number of hydrogen-bond donors (Lipinski definition) is 1. The van der Waals surface area contributed by atoms with E-state index in [-0.39, 0.29) is 17.0 Å². The summed E-state index contributed by atoms with van der Waals surface area (Å²) in [4.78, 5) is 11.9. The Hall–Kier alpha value is -0.790. The van der Waals surface area contributed by atoms with Gasteiger partial charge in [0, 0.05) is 6.42 Å². The lowest BCUT2D eigenvalue weighted by Crippen LogP contribution is -2.51. The Labute approximate surface area is 128 Å². The molecule has 1 N–H and O–H groups in total. The summed E-state index contributed by atoms with van der Waals surface area (Å²) in [6.45, 7) is 4.85. The van der Waals surface area contributed by atoms with E-state index in [9.17, 15) is 9.90 Å². The normalized spacial score (nSPS) is 52.7. The zero-order valence-corrected chi connectivity index (χ0v) is 13.4. The van der Waals surface area contributed by atoms with E-state index >= 15 is 0 Å². The molecule has 0 radical (unpaired) electrons. The van der Waals surface area contributed by atoms with Gasteiger partial charge in [-0.25, -0.2) is 0 Å². The third-order valence-corrected chi connectivity index (χ3v) is 7.91. The average Bonchev–Trinajstić information content (AvgIpc) is 2.82. The van der Waals surface area contributed by atoms with Crippen molar-refractivity contribution in [3.05, 3.63) is 11.8 Å². The third-order valence-electron chi connectivity index (χ3n) is 7.91. The Morgan fingerprint density at radius 2 is 1.90 bits per heavy atom. The molecule has 4 rings (SSSR count). The second-order valence-corrected chi connectivity index (χ2v) is 8.76. The Balaban J connectivity index is 1.71. The van der Waals surface area contributed by atoms with Crippen LogP contribution in [0.3, 0.4) is 0 Å². The number of aliphatic hydroxyl groups is 1. The molecule has 4 aliphatic rings. The van der Waals surface area contributed by atoms with Crippen molar-refractivity contribution in [2.45, 2.75) is 65.2 Å². The van der Waals surface area contributed by atoms with Gasteiger partial charge in [-0.1, -0.05) is 20.3 Å². The molecule has 0 aromatic rings. The summed E-state index contributed by atoms with van der Waals surface area (Å²) in [5, 5.41) is 10.0. The van der Waals surface area contributed by atoms with Crippen LogP contribution in [0.1, 0.15) is 65.2 Å². The fourth-order valence-corrected chi connectivity index (χ4v) is 6.71. The number of carbonyl (C=O) groups is 1. The molecule has 4 aliphatic carbocycles. The van der Waals surface area contributed by atoms with Crippen LogP contribution in [0.5, 0.6) is 0 Å². The molecule has 0 saturated heterocycles. The van der Waals surface area contributed by atoms with E-state index in [0.29, 0.717) is 23.7 Å². The summed E-state index contributed by atoms with van der Waals surface area (Å²) in [6, 6.07) is 0. The first-order chi connectivity index (χ1) is 9.94. The van der Waals surface area contributed by atoms with E-state index in [1.54, 1.807) is 0 Å². The van der Waals surface area contributed by atoms with Gasteiger partial charge in [-0.3, -0.25) is 4.79 Å². The van der Waals surface area contributed by atoms with E-state index in [0.717, 1.165) is 11.8 Å². The highest BCUT2D eigenvalue weighted by atomic mass is 16.3. The zero-order chi connectivity index (χ0) is 14.8. The second kappa shape index (κ2) is 4.36. The highest BCUT2D eigenvalue weighted by Crippen LogP contribution is 2.65. The van der Waals surface area contributed by atoms with Crippen molar-refractivity contribution >= 4 is 5.78 Å². The lowest BCUT2D eigenvalue weighted by atomic mass is 9.46. The van der Waals surface area contributed by atoms with Crippen molar-refractivity contribution in [2.75, 3.05) is 0 Å². The van der Waals surface area contributed by atoms with E-state index in [1.165, 1.54) is 44.9 Å². The summed E-state index contributed by atoms with van der Waals surface area (Å²) in [7, 11) is 0. The molecule has 2 heteroatoms. The Morgan fingerprint density at radius 1 is 1.10 bits per heavy atom. The minimum atomic E-state index is -0.0301. The maximum atomic E-state index is 11.9. The molecule has 6 atom stereocenters. The Kier molecular flexibility index (Phi) is 2.88. The maximum Gasteiger partial charge on any atom is 0.197 e. The van der Waals surface area contributed by atoms with Crippen LogP contribution in [0.15, 0.2) is 11.8 Å². The molecule has 0 heterocycles. The number of allylic oxidation sites excluding steroid dienone is 2. The largest absolute Gasteiger partial charge is 0.505 e. The van der Waals surface area contributed by atoms with Crippen molar-refractivity contribution in [3.63, 3.8) is 0 Å². The van der Waals surface area contributed by atoms with Crippen LogP contribution in [-0.4, -0.2) is 10.9 Å². The molecule has 21 heavy (non-hydrogen) atoms. The number of rotatable bonds is 0. The van der Waals surface area contributed by atoms with Crippen LogP contribution in [0, 0.1) is 34.5 Å². The number of carbonyl (C=O) groups excluding carboxylic acids is 1. The average molecular weight is 288 g/mol. The summed E-state index contributed by atoms with van der Waals surface area (Å²) in [6.07, 6.45) is 11.9. The van der Waals surface area contributed by atoms with Gasteiger partial charge in [0.15, 0.2) is 11.5 Å². The van der Waals surface area contributed by atoms with E-state index in [4.69, 9.17) is 0 Å². The molecule has 3 fully saturated rings. The van der Waals surface area contributed by atoms with Gasteiger partial charge < -0.3 is 5.11 Å². The fraction of sp³-hybridized carbons (Fsp3) is 0.842. The van der Waals surface area contributed by atoms with Crippen LogP contribution < -0.4 is 0 Å². The number of aliphatic hydroxyl groups excluding tert-OH is 1. The van der Waals surface area contributed by atoms with Gasteiger partial charge in [-0.15, -0.1) is 0 Å². The van der Waals surface area contributed by atoms with Gasteiger partial charge in [0.2, 0.25) is 0 Å². The van der Waals surface area contributed by atoms with E-state index in [2.05, 4.69) is 13.8 Å². The van der Waals surface area contributed by atoms with Gasteiger partial charge >= 0.3 is 0 Å². The molecule has 0 unspecified atom stereocenters. The minimum Gasteiger partial charge on any atom is -0.505 e. The Bertz CT molecular complexity index is 508. The van der Waals surface area contributed by atoms with Gasteiger partial charge in [0.1, 0.15) is 0 Å². The standard InChI is InChI=1S/C19H28O2/c1-18-8-3-4-14(18)13-6-5-12-10-16(20)17(21)11-19(12,2)15(13)7-9-18/h11-15,21H,3-10H2,1-2H3/t12-,13+,14+,15+,18+,19+/m1/s1. The van der Waals surface area contributed by atoms with Crippen molar-refractivity contribution in [2.24, 2.45) is 34.5 Å². The van der Waals surface area contributed by atoms with E-state index < -0.39 is 0 Å². The first kappa shape index (κ1) is 13.8. The van der Waals surface area contributed by atoms with Crippen LogP contribution >= 0.6 is 0 Å². The first-order valence-electron chi connectivity index (χ1n) is 8.89. The number of ketones is 1. The molecule has 0 aromatic heterocycles. The molecule has 116 valence electrons. The van der Waals surface area contributed by atoms with Crippen molar-refractivity contribution in [1.29, 1.82) is 0 Å². The fourth-order valence-electron chi connectivity index (χ4n) is 6.71. The summed E-state index contributed by atoms with van der Waals surface area (Å²) < 4.78 is 0. The quantitative estimate of drug-likeness (QED) is 0.704. The highest BCUT2D eigenvalue weighted by molar-refractivity contribution is 5.94. The molecule has 0 spiro atoms. The smallest absolute Gasteiger partial charge is 0.197 e. The van der Waals surface area contributed by atoms with Gasteiger partial charge in [0.25, 0.3) is 0 Å². The molecule has 3 saturated carbocycles. The molecular formula is C19H28O2. The van der Waals surface area contributed by atoms with Gasteiger partial charge in [0.05, 0.1) is 0 Å². The molecular weight excluding hydrogens is 260 g/mol. The second-order valence-electron chi connectivity index (χ2n) is 8.76. The van der Waals surface area contributed by atoms with Gasteiger partial charge in [-0.05, 0) is 79.1 Å². The SMILES string of the molecule is C[C@@]12CCC[C@H]1[C@@H]1CC[C@@H]3CC(=O)C(O)=C[C@]3(C)[C@H]1CC2. The molecule has 0 amide bonds. The number of hydrogen-bond acceptors (Lipinski definition) is 2. The van der Waals surface area contributed by atoms with Crippen LogP contribution in [0.2, 0.25) is 0 Å². The monoisotopic (exact) mass is 288 g/mol. The number of Topliss-reactive ketones (excluding diaryl/α,β-unsaturated/α-hetero) is 1. The highest BCUT2D eigenvalue weighted by Gasteiger charge is 2.57. The predicted molar refractivity (Wildman–Crippen MR) is 82.8 cm³/mol. The maximum absolute atomic E-state index is 11.9. The van der Waals surface area contributed by atoms with Crippen LogP contribution in [-0.2, 0) is 4.79 Å². The van der Waals surface area contributed by atoms with Crippen molar-refractivity contribution < 1.29 is 9.90 Å². The zero-order valence-electron chi connectivity index (χ0n) is 13.4. The van der Waals surface area contributed by atoms with Crippen LogP contribution in [0.4, 0.5) is 0 Å². The predicted octanol–water partition coefficient (Wildman–Crippen LogP) is 4.65. The lowest BCUT2D eigenvalue weighted by molar-refractivity contribution is -0.126. The molecule has 2 nitrogen and oxygen atoms in total. The van der Waals surface area contributed by atoms with Crippen molar-refractivity contribution in [1.82, 2.24) is 0 Å². The molecule has 0 bridgehead atoms.